The summed E-state index contributed by atoms with van der Waals surface area (Å²) in [4.78, 5) is 11.9. The molecular weight excluding hydrogens is 333 g/mol. The van der Waals surface area contributed by atoms with Gasteiger partial charge in [-0.3, -0.25) is 4.79 Å². The molecule has 0 unspecified atom stereocenters. The lowest BCUT2D eigenvalue weighted by Crippen LogP contribution is -2.22. The molecule has 3 aromatic rings. The van der Waals surface area contributed by atoms with E-state index < -0.39 is 0 Å². The first kappa shape index (κ1) is 17.8. The van der Waals surface area contributed by atoms with E-state index in [9.17, 15) is 9.18 Å². The van der Waals surface area contributed by atoms with Crippen molar-refractivity contribution in [3.05, 3.63) is 71.9 Å². The number of hydrogen-bond acceptors (Lipinski definition) is 4. The number of nitrogens with zero attached hydrogens (tertiary/aromatic N) is 2. The van der Waals surface area contributed by atoms with Crippen molar-refractivity contribution in [1.29, 1.82) is 0 Å². The molecule has 0 fully saturated rings. The lowest BCUT2D eigenvalue weighted by atomic mass is 10.1. The molecule has 2 aromatic carbocycles. The fourth-order valence-electron chi connectivity index (χ4n) is 2.55. The van der Waals surface area contributed by atoms with Gasteiger partial charge >= 0.3 is 0 Å². The number of aromatic nitrogens is 2. The Bertz CT molecular complexity index is 832. The summed E-state index contributed by atoms with van der Waals surface area (Å²) in [6, 6.07) is 15.9. The fraction of sp³-hybridized carbons (Fsp3) is 0.250. The molecule has 6 heteroatoms. The summed E-state index contributed by atoms with van der Waals surface area (Å²) in [6.07, 6.45) is 2.90. The molecule has 0 aliphatic rings. The summed E-state index contributed by atoms with van der Waals surface area (Å²) < 4.78 is 18.4. The van der Waals surface area contributed by atoms with Crippen LogP contribution >= 0.6 is 0 Å². The van der Waals surface area contributed by atoms with Crippen LogP contribution in [-0.2, 0) is 17.8 Å². The molecule has 0 saturated carbocycles. The Morgan fingerprint density at radius 1 is 1.00 bits per heavy atom. The maximum absolute atomic E-state index is 12.8. The highest BCUT2D eigenvalue weighted by molar-refractivity contribution is 5.75. The van der Waals surface area contributed by atoms with Crippen LogP contribution < -0.4 is 5.32 Å². The maximum atomic E-state index is 12.8. The third-order valence-corrected chi connectivity index (χ3v) is 3.96. The highest BCUT2D eigenvalue weighted by atomic mass is 19.1. The van der Waals surface area contributed by atoms with Crippen LogP contribution in [0.15, 0.2) is 59.0 Å². The number of halogens is 1. The lowest BCUT2D eigenvalue weighted by Gasteiger charge is -2.03. The van der Waals surface area contributed by atoms with Crippen molar-refractivity contribution in [2.45, 2.75) is 32.2 Å². The van der Waals surface area contributed by atoms with Crippen molar-refractivity contribution in [1.82, 2.24) is 15.5 Å². The minimum Gasteiger partial charge on any atom is -0.419 e. The average molecular weight is 353 g/mol. The van der Waals surface area contributed by atoms with Gasteiger partial charge in [-0.2, -0.15) is 0 Å². The molecule has 5 nitrogen and oxygen atoms in total. The molecular formula is C20H20FN3O2. The molecule has 0 saturated heterocycles. The van der Waals surface area contributed by atoms with E-state index in [1.165, 1.54) is 12.1 Å². The fourth-order valence-corrected chi connectivity index (χ4v) is 2.55. The molecule has 1 aromatic heterocycles. The number of unbranched alkanes of at least 4 members (excludes halogenated alkanes) is 1. The molecule has 26 heavy (non-hydrogen) atoms. The van der Waals surface area contributed by atoms with Crippen molar-refractivity contribution in [3.63, 3.8) is 0 Å². The van der Waals surface area contributed by atoms with Crippen LogP contribution in [-0.4, -0.2) is 16.1 Å². The first-order valence-electron chi connectivity index (χ1n) is 8.59. The number of nitrogens with one attached hydrogen (secondary N) is 1. The van der Waals surface area contributed by atoms with Gasteiger partial charge in [0.25, 0.3) is 0 Å². The summed E-state index contributed by atoms with van der Waals surface area (Å²) in [5.41, 5.74) is 1.92. The Labute approximate surface area is 151 Å². The van der Waals surface area contributed by atoms with Gasteiger partial charge in [0.2, 0.25) is 17.7 Å². The van der Waals surface area contributed by atoms with Gasteiger partial charge in [0.05, 0.1) is 6.54 Å². The Morgan fingerprint density at radius 2 is 1.77 bits per heavy atom. The number of rotatable bonds is 8. The third kappa shape index (κ3) is 5.24. The smallest absolute Gasteiger partial charge is 0.247 e. The molecule has 0 spiro atoms. The van der Waals surface area contributed by atoms with Gasteiger partial charge in [0, 0.05) is 12.0 Å². The second kappa shape index (κ2) is 8.89. The standard InChI is InChI=1S/C20H20FN3O2/c21-17-12-10-15(11-13-17)6-4-5-9-18(25)22-14-19-23-24-20(26-19)16-7-2-1-3-8-16/h1-3,7-8,10-13H,4-6,9,14H2,(H,22,25). The number of carbonyl (C=O) groups is 1. The van der Waals surface area contributed by atoms with E-state index in [1.807, 2.05) is 30.3 Å². The van der Waals surface area contributed by atoms with Crippen molar-refractivity contribution < 1.29 is 13.6 Å². The summed E-state index contributed by atoms with van der Waals surface area (Å²) in [5.74, 6) is 0.533. The van der Waals surface area contributed by atoms with E-state index >= 15 is 0 Å². The summed E-state index contributed by atoms with van der Waals surface area (Å²) >= 11 is 0. The van der Waals surface area contributed by atoms with Crippen molar-refractivity contribution in [2.75, 3.05) is 0 Å². The number of amides is 1. The highest BCUT2D eigenvalue weighted by Crippen LogP contribution is 2.16. The Kier molecular flexibility index (Phi) is 6.09. The van der Waals surface area contributed by atoms with Gasteiger partial charge in [-0.05, 0) is 49.1 Å². The second-order valence-corrected chi connectivity index (χ2v) is 5.98. The Balaban J connectivity index is 1.36. The molecule has 0 radical (unpaired) electrons. The van der Waals surface area contributed by atoms with Gasteiger partial charge in [0.15, 0.2) is 0 Å². The van der Waals surface area contributed by atoms with Crippen LogP contribution in [0.25, 0.3) is 11.5 Å². The topological polar surface area (TPSA) is 68.0 Å². The van der Waals surface area contributed by atoms with Gasteiger partial charge in [-0.15, -0.1) is 10.2 Å². The quantitative estimate of drug-likeness (QED) is 0.624. The Morgan fingerprint density at radius 3 is 2.54 bits per heavy atom. The number of carbonyl (C=O) groups excluding carboxylic acids is 1. The SMILES string of the molecule is O=C(CCCCc1ccc(F)cc1)NCc1nnc(-c2ccccc2)o1. The summed E-state index contributed by atoms with van der Waals surface area (Å²) in [5, 5.41) is 10.7. The van der Waals surface area contributed by atoms with Crippen LogP contribution in [0, 0.1) is 5.82 Å². The highest BCUT2D eigenvalue weighted by Gasteiger charge is 2.09. The lowest BCUT2D eigenvalue weighted by molar-refractivity contribution is -0.121. The van der Waals surface area contributed by atoms with E-state index in [4.69, 9.17) is 4.42 Å². The molecule has 0 bridgehead atoms. The second-order valence-electron chi connectivity index (χ2n) is 5.98. The van der Waals surface area contributed by atoms with Crippen LogP contribution in [0.4, 0.5) is 4.39 Å². The summed E-state index contributed by atoms with van der Waals surface area (Å²) in [6.45, 7) is 0.219. The predicted octanol–water partition coefficient (Wildman–Crippen LogP) is 3.90. The molecule has 1 N–H and O–H groups in total. The molecule has 3 rings (SSSR count). The summed E-state index contributed by atoms with van der Waals surface area (Å²) in [7, 11) is 0. The minimum absolute atomic E-state index is 0.0523. The molecule has 0 aliphatic heterocycles. The molecule has 134 valence electrons. The van der Waals surface area contributed by atoms with E-state index in [0.29, 0.717) is 18.2 Å². The zero-order chi connectivity index (χ0) is 18.2. The zero-order valence-corrected chi connectivity index (χ0v) is 14.3. The average Bonchev–Trinajstić information content (AvgIpc) is 3.15. The van der Waals surface area contributed by atoms with Gasteiger partial charge in [-0.1, -0.05) is 30.3 Å². The number of aryl methyl sites for hydroxylation is 1. The Hall–Kier alpha value is -3.02. The van der Waals surface area contributed by atoms with Crippen molar-refractivity contribution >= 4 is 5.91 Å². The largest absolute Gasteiger partial charge is 0.419 e. The number of benzene rings is 2. The number of hydrogen-bond donors (Lipinski definition) is 1. The molecule has 1 amide bonds. The molecule has 0 atom stereocenters. The van der Waals surface area contributed by atoms with Crippen molar-refractivity contribution in [2.24, 2.45) is 0 Å². The van der Waals surface area contributed by atoms with Crippen LogP contribution in [0.1, 0.15) is 30.7 Å². The van der Waals surface area contributed by atoms with E-state index in [2.05, 4.69) is 15.5 Å². The van der Waals surface area contributed by atoms with Crippen LogP contribution in [0.2, 0.25) is 0 Å². The van der Waals surface area contributed by atoms with E-state index in [-0.39, 0.29) is 18.3 Å². The van der Waals surface area contributed by atoms with Gasteiger partial charge in [-0.25, -0.2) is 4.39 Å². The normalized spacial score (nSPS) is 10.7. The first-order valence-corrected chi connectivity index (χ1v) is 8.59. The van der Waals surface area contributed by atoms with Crippen LogP contribution in [0.3, 0.4) is 0 Å². The van der Waals surface area contributed by atoms with Gasteiger partial charge < -0.3 is 9.73 Å². The predicted molar refractivity (Wildman–Crippen MR) is 95.5 cm³/mol. The minimum atomic E-state index is -0.232. The maximum Gasteiger partial charge on any atom is 0.247 e. The van der Waals surface area contributed by atoms with Crippen LogP contribution in [0.5, 0.6) is 0 Å². The molecule has 0 aliphatic carbocycles. The third-order valence-electron chi connectivity index (χ3n) is 3.96. The zero-order valence-electron chi connectivity index (χ0n) is 14.3. The first-order chi connectivity index (χ1) is 12.7. The molecule has 1 heterocycles. The van der Waals surface area contributed by atoms with Gasteiger partial charge in [0.1, 0.15) is 5.82 Å². The monoisotopic (exact) mass is 353 g/mol. The van der Waals surface area contributed by atoms with E-state index in [1.54, 1.807) is 12.1 Å². The van der Waals surface area contributed by atoms with E-state index in [0.717, 1.165) is 30.4 Å². The van der Waals surface area contributed by atoms with Crippen molar-refractivity contribution in [3.8, 4) is 11.5 Å².